The molecule has 0 heterocycles. The van der Waals surface area contributed by atoms with Gasteiger partial charge in [0.2, 0.25) is 0 Å². The normalized spacial score (nSPS) is 12.7. The molecule has 1 amide bonds. The molecule has 0 bridgehead atoms. The van der Waals surface area contributed by atoms with Crippen LogP contribution in [0.3, 0.4) is 0 Å². The molecule has 2 atom stereocenters. The molecule has 0 radical (unpaired) electrons. The van der Waals surface area contributed by atoms with Crippen molar-refractivity contribution in [3.63, 3.8) is 0 Å². The van der Waals surface area contributed by atoms with Crippen molar-refractivity contribution < 1.29 is 33.0 Å². The molecule has 7 nitrogen and oxygen atoms in total. The highest BCUT2D eigenvalue weighted by atomic mass is 35.5. The molecule has 1 aromatic carbocycles. The van der Waals surface area contributed by atoms with E-state index in [1.807, 2.05) is 6.92 Å². The zero-order valence-electron chi connectivity index (χ0n) is 14.7. The van der Waals surface area contributed by atoms with Gasteiger partial charge in [0.25, 0.3) is 5.91 Å². The monoisotopic (exact) mass is 389 g/mol. The summed E-state index contributed by atoms with van der Waals surface area (Å²) in [6.07, 6.45) is 0.645. The van der Waals surface area contributed by atoms with E-state index in [9.17, 15) is 18.8 Å². The SMILES string of the molecule is CC[C@H](C)[C@@H](NC(=O)COC(=O)COc1ccc(F)cc1Cl)C(=O)OC. The van der Waals surface area contributed by atoms with Crippen LogP contribution in [0.1, 0.15) is 20.3 Å². The molecule has 0 aliphatic rings. The summed E-state index contributed by atoms with van der Waals surface area (Å²) in [4.78, 5) is 35.2. The van der Waals surface area contributed by atoms with Gasteiger partial charge in [0, 0.05) is 0 Å². The van der Waals surface area contributed by atoms with Crippen molar-refractivity contribution in [1.82, 2.24) is 5.32 Å². The number of benzene rings is 1. The van der Waals surface area contributed by atoms with Gasteiger partial charge in [-0.2, -0.15) is 0 Å². The lowest BCUT2D eigenvalue weighted by molar-refractivity contribution is -0.152. The summed E-state index contributed by atoms with van der Waals surface area (Å²) in [5, 5.41) is 2.47. The Bertz CT molecular complexity index is 654. The molecule has 1 N–H and O–H groups in total. The van der Waals surface area contributed by atoms with Gasteiger partial charge in [0.05, 0.1) is 12.1 Å². The fourth-order valence-corrected chi connectivity index (χ4v) is 2.15. The molecule has 9 heteroatoms. The number of hydrogen-bond donors (Lipinski definition) is 1. The lowest BCUT2D eigenvalue weighted by Crippen LogP contribution is -2.47. The summed E-state index contributed by atoms with van der Waals surface area (Å²) in [5.41, 5.74) is 0. The number of nitrogens with one attached hydrogen (secondary N) is 1. The van der Waals surface area contributed by atoms with E-state index < -0.39 is 42.9 Å². The summed E-state index contributed by atoms with van der Waals surface area (Å²) in [7, 11) is 1.22. The van der Waals surface area contributed by atoms with Crippen LogP contribution in [-0.2, 0) is 23.9 Å². The number of halogens is 2. The zero-order chi connectivity index (χ0) is 19.7. The van der Waals surface area contributed by atoms with E-state index in [-0.39, 0.29) is 16.7 Å². The summed E-state index contributed by atoms with van der Waals surface area (Å²) >= 11 is 5.76. The Morgan fingerprint density at radius 1 is 1.27 bits per heavy atom. The van der Waals surface area contributed by atoms with Gasteiger partial charge in [0.1, 0.15) is 17.6 Å². The van der Waals surface area contributed by atoms with Crippen molar-refractivity contribution in [3.05, 3.63) is 29.0 Å². The third-order valence-electron chi connectivity index (χ3n) is 3.59. The highest BCUT2D eigenvalue weighted by Crippen LogP contribution is 2.24. The van der Waals surface area contributed by atoms with Crippen molar-refractivity contribution >= 4 is 29.4 Å². The molecular formula is C17H21ClFNO6. The molecule has 0 unspecified atom stereocenters. The Morgan fingerprint density at radius 3 is 2.54 bits per heavy atom. The molecule has 0 saturated carbocycles. The van der Waals surface area contributed by atoms with E-state index >= 15 is 0 Å². The van der Waals surface area contributed by atoms with Crippen molar-refractivity contribution in [3.8, 4) is 5.75 Å². The maximum absolute atomic E-state index is 12.9. The number of methoxy groups -OCH3 is 1. The Kier molecular flexibility index (Phi) is 8.84. The lowest BCUT2D eigenvalue weighted by atomic mass is 9.99. The number of amides is 1. The molecule has 1 rings (SSSR count). The molecule has 26 heavy (non-hydrogen) atoms. The first-order valence-electron chi connectivity index (χ1n) is 7.89. The number of rotatable bonds is 9. The van der Waals surface area contributed by atoms with E-state index in [1.165, 1.54) is 13.2 Å². The highest BCUT2D eigenvalue weighted by Gasteiger charge is 2.26. The van der Waals surface area contributed by atoms with Gasteiger partial charge in [-0.25, -0.2) is 14.0 Å². The van der Waals surface area contributed by atoms with E-state index in [0.29, 0.717) is 6.42 Å². The first-order valence-corrected chi connectivity index (χ1v) is 8.26. The van der Waals surface area contributed by atoms with Gasteiger partial charge in [0.15, 0.2) is 13.2 Å². The summed E-state index contributed by atoms with van der Waals surface area (Å²) in [6, 6.07) is 2.61. The van der Waals surface area contributed by atoms with Gasteiger partial charge in [-0.1, -0.05) is 31.9 Å². The van der Waals surface area contributed by atoms with Gasteiger partial charge in [-0.3, -0.25) is 4.79 Å². The van der Waals surface area contributed by atoms with Crippen LogP contribution in [0.15, 0.2) is 18.2 Å². The van der Waals surface area contributed by atoms with Gasteiger partial charge in [-0.05, 0) is 24.1 Å². The number of esters is 2. The third-order valence-corrected chi connectivity index (χ3v) is 3.88. The minimum atomic E-state index is -0.828. The Balaban J connectivity index is 2.45. The fourth-order valence-electron chi connectivity index (χ4n) is 1.93. The summed E-state index contributed by atoms with van der Waals surface area (Å²) < 4.78 is 27.4. The Hall–Kier alpha value is -2.35. The lowest BCUT2D eigenvalue weighted by Gasteiger charge is -2.21. The standard InChI is InChI=1S/C17H21ClFNO6/c1-4-10(2)16(17(23)24-3)20-14(21)8-26-15(22)9-25-13-6-5-11(19)7-12(13)18/h5-7,10,16H,4,8-9H2,1-3H3,(H,20,21)/t10-,16+/m0/s1. The van der Waals surface area contributed by atoms with Crippen LogP contribution in [0, 0.1) is 11.7 Å². The minimum absolute atomic E-state index is 0.00464. The summed E-state index contributed by atoms with van der Waals surface area (Å²) in [6.45, 7) is 2.56. The van der Waals surface area contributed by atoms with E-state index in [4.69, 9.17) is 21.1 Å². The third kappa shape index (κ3) is 6.87. The van der Waals surface area contributed by atoms with Crippen LogP contribution >= 0.6 is 11.6 Å². The topological polar surface area (TPSA) is 90.9 Å². The van der Waals surface area contributed by atoms with Crippen molar-refractivity contribution in [2.45, 2.75) is 26.3 Å². The van der Waals surface area contributed by atoms with E-state index in [0.717, 1.165) is 12.1 Å². The average Bonchev–Trinajstić information content (AvgIpc) is 2.62. The molecular weight excluding hydrogens is 369 g/mol. The van der Waals surface area contributed by atoms with Crippen LogP contribution in [0.2, 0.25) is 5.02 Å². The van der Waals surface area contributed by atoms with Gasteiger partial charge < -0.3 is 19.5 Å². The average molecular weight is 390 g/mol. The second-order valence-electron chi connectivity index (χ2n) is 5.48. The predicted molar refractivity (Wildman–Crippen MR) is 91.3 cm³/mol. The largest absolute Gasteiger partial charge is 0.480 e. The number of hydrogen-bond acceptors (Lipinski definition) is 6. The van der Waals surface area contributed by atoms with E-state index in [1.54, 1.807) is 6.92 Å². The van der Waals surface area contributed by atoms with Crippen molar-refractivity contribution in [2.24, 2.45) is 5.92 Å². The quantitative estimate of drug-likeness (QED) is 0.650. The number of carbonyl (C=O) groups is 3. The van der Waals surface area contributed by atoms with Gasteiger partial charge >= 0.3 is 11.9 Å². The molecule has 0 aliphatic heterocycles. The van der Waals surface area contributed by atoms with Crippen LogP contribution in [-0.4, -0.2) is 44.2 Å². The number of carbonyl (C=O) groups excluding carboxylic acids is 3. The molecule has 0 spiro atoms. The summed E-state index contributed by atoms with van der Waals surface area (Å²) in [5.74, 6) is -2.62. The fraction of sp³-hybridized carbons (Fsp3) is 0.471. The van der Waals surface area contributed by atoms with Crippen LogP contribution in [0.5, 0.6) is 5.75 Å². The molecule has 0 aromatic heterocycles. The van der Waals surface area contributed by atoms with Gasteiger partial charge in [-0.15, -0.1) is 0 Å². The second-order valence-corrected chi connectivity index (χ2v) is 5.89. The molecule has 0 fully saturated rings. The maximum Gasteiger partial charge on any atom is 0.344 e. The minimum Gasteiger partial charge on any atom is -0.480 e. The Morgan fingerprint density at radius 2 is 1.96 bits per heavy atom. The smallest absolute Gasteiger partial charge is 0.344 e. The first-order chi connectivity index (χ1) is 12.3. The molecule has 1 aromatic rings. The van der Waals surface area contributed by atoms with Crippen LogP contribution < -0.4 is 10.1 Å². The Labute approximate surface area is 155 Å². The highest BCUT2D eigenvalue weighted by molar-refractivity contribution is 6.32. The molecule has 0 saturated heterocycles. The van der Waals surface area contributed by atoms with Crippen molar-refractivity contribution in [1.29, 1.82) is 0 Å². The molecule has 0 aliphatic carbocycles. The molecule has 144 valence electrons. The zero-order valence-corrected chi connectivity index (χ0v) is 15.5. The first kappa shape index (κ1) is 21.7. The van der Waals surface area contributed by atoms with Crippen LogP contribution in [0.4, 0.5) is 4.39 Å². The van der Waals surface area contributed by atoms with E-state index in [2.05, 4.69) is 10.1 Å². The maximum atomic E-state index is 12.9. The van der Waals surface area contributed by atoms with Crippen molar-refractivity contribution in [2.75, 3.05) is 20.3 Å². The number of ether oxygens (including phenoxy) is 3. The predicted octanol–water partition coefficient (Wildman–Crippen LogP) is 2.10. The van der Waals surface area contributed by atoms with Crippen LogP contribution in [0.25, 0.3) is 0 Å². The second kappa shape index (κ2) is 10.6.